The van der Waals surface area contributed by atoms with Gasteiger partial charge in [0, 0.05) is 11.9 Å². The van der Waals surface area contributed by atoms with E-state index in [2.05, 4.69) is 20.7 Å². The summed E-state index contributed by atoms with van der Waals surface area (Å²) in [6, 6.07) is 7.71. The number of nitrogens with zero attached hydrogens (tertiary/aromatic N) is 2. The zero-order chi connectivity index (χ0) is 13.7. The number of benzene rings is 1. The summed E-state index contributed by atoms with van der Waals surface area (Å²) in [7, 11) is 0. The Morgan fingerprint density at radius 2 is 2.11 bits per heavy atom. The van der Waals surface area contributed by atoms with Crippen LogP contribution in [0.1, 0.15) is 19.8 Å². The minimum absolute atomic E-state index is 0.285. The molecule has 0 radical (unpaired) electrons. The van der Waals surface area contributed by atoms with Gasteiger partial charge in [-0.2, -0.15) is 4.98 Å². The van der Waals surface area contributed by atoms with Crippen molar-refractivity contribution in [3.8, 4) is 0 Å². The quantitative estimate of drug-likeness (QED) is 0.465. The van der Waals surface area contributed by atoms with E-state index in [4.69, 9.17) is 5.84 Å². The van der Waals surface area contributed by atoms with Gasteiger partial charge in [-0.05, 0) is 25.0 Å². The third-order valence-corrected chi connectivity index (χ3v) is 2.97. The van der Waals surface area contributed by atoms with Gasteiger partial charge in [-0.25, -0.2) is 10.8 Å². The lowest BCUT2D eigenvalue weighted by Gasteiger charge is -2.12. The third kappa shape index (κ3) is 3.30. The standard InChI is InChI=1S/C13H19N5O/c1-2-9(19)7-8-15-12-10-5-3-4-6-11(10)16-13(17-12)18-14/h3-6,9,19H,2,7-8,14H2,1H3,(H2,15,16,17,18). The largest absolute Gasteiger partial charge is 0.393 e. The second kappa shape index (κ2) is 6.31. The average Bonchev–Trinajstić information content (AvgIpc) is 2.46. The van der Waals surface area contributed by atoms with Crippen molar-refractivity contribution in [2.75, 3.05) is 17.3 Å². The normalized spacial score (nSPS) is 12.4. The second-order valence-electron chi connectivity index (χ2n) is 4.33. The van der Waals surface area contributed by atoms with Gasteiger partial charge in [-0.3, -0.25) is 5.43 Å². The van der Waals surface area contributed by atoms with E-state index in [0.29, 0.717) is 18.9 Å². The molecule has 0 aliphatic heterocycles. The number of fused-ring (bicyclic) bond motifs is 1. The van der Waals surface area contributed by atoms with Crippen LogP contribution in [0.3, 0.4) is 0 Å². The van der Waals surface area contributed by atoms with Gasteiger partial charge >= 0.3 is 0 Å². The highest BCUT2D eigenvalue weighted by Crippen LogP contribution is 2.21. The molecule has 1 atom stereocenters. The number of hydrogen-bond donors (Lipinski definition) is 4. The number of hydrazine groups is 1. The molecule has 0 aliphatic rings. The van der Waals surface area contributed by atoms with Crippen LogP contribution < -0.4 is 16.6 Å². The van der Waals surface area contributed by atoms with Gasteiger partial charge in [0.2, 0.25) is 5.95 Å². The van der Waals surface area contributed by atoms with E-state index in [-0.39, 0.29) is 6.10 Å². The molecule has 19 heavy (non-hydrogen) atoms. The fraction of sp³-hybridized carbons (Fsp3) is 0.385. The van der Waals surface area contributed by atoms with Gasteiger partial charge in [-0.15, -0.1) is 0 Å². The van der Waals surface area contributed by atoms with E-state index in [1.165, 1.54) is 0 Å². The number of anilines is 2. The molecule has 0 saturated carbocycles. The average molecular weight is 261 g/mol. The Kier molecular flexibility index (Phi) is 4.48. The fourth-order valence-corrected chi connectivity index (χ4v) is 1.84. The SMILES string of the molecule is CCC(O)CCNc1nc(NN)nc2ccccc12. The lowest BCUT2D eigenvalue weighted by atomic mass is 10.2. The summed E-state index contributed by atoms with van der Waals surface area (Å²) >= 11 is 0. The highest BCUT2D eigenvalue weighted by atomic mass is 16.3. The van der Waals surface area contributed by atoms with Crippen molar-refractivity contribution in [2.24, 2.45) is 5.84 Å². The molecule has 0 aliphatic carbocycles. The number of aliphatic hydroxyl groups excluding tert-OH is 1. The van der Waals surface area contributed by atoms with Crippen LogP contribution in [0, 0.1) is 0 Å². The van der Waals surface area contributed by atoms with E-state index in [0.717, 1.165) is 23.1 Å². The lowest BCUT2D eigenvalue weighted by Crippen LogP contribution is -2.15. The highest BCUT2D eigenvalue weighted by molar-refractivity contribution is 5.89. The molecule has 0 spiro atoms. The summed E-state index contributed by atoms with van der Waals surface area (Å²) in [5, 5.41) is 13.7. The molecule has 2 rings (SSSR count). The van der Waals surface area contributed by atoms with E-state index in [1.807, 2.05) is 31.2 Å². The Labute approximate surface area is 112 Å². The molecule has 0 fully saturated rings. The summed E-state index contributed by atoms with van der Waals surface area (Å²) < 4.78 is 0. The van der Waals surface area contributed by atoms with Crippen LogP contribution in [0.4, 0.5) is 11.8 Å². The predicted octanol–water partition coefficient (Wildman–Crippen LogP) is 1.49. The first-order chi connectivity index (χ1) is 9.24. The topological polar surface area (TPSA) is 96.1 Å². The molecule has 6 heteroatoms. The van der Waals surface area contributed by atoms with Crippen molar-refractivity contribution in [3.63, 3.8) is 0 Å². The molecule has 1 unspecified atom stereocenters. The Balaban J connectivity index is 2.20. The molecule has 2 aromatic rings. The summed E-state index contributed by atoms with van der Waals surface area (Å²) in [5.74, 6) is 6.46. The molecule has 0 saturated heterocycles. The van der Waals surface area contributed by atoms with E-state index >= 15 is 0 Å². The van der Waals surface area contributed by atoms with Gasteiger partial charge in [0.25, 0.3) is 0 Å². The van der Waals surface area contributed by atoms with Crippen molar-refractivity contribution in [2.45, 2.75) is 25.9 Å². The molecule has 0 bridgehead atoms. The van der Waals surface area contributed by atoms with Crippen molar-refractivity contribution >= 4 is 22.7 Å². The lowest BCUT2D eigenvalue weighted by molar-refractivity contribution is 0.164. The molecule has 102 valence electrons. The van der Waals surface area contributed by atoms with Gasteiger partial charge < -0.3 is 10.4 Å². The number of nitrogen functional groups attached to an aromatic ring is 1. The van der Waals surface area contributed by atoms with E-state index in [1.54, 1.807) is 0 Å². The number of aromatic nitrogens is 2. The van der Waals surface area contributed by atoms with Crippen molar-refractivity contribution in [3.05, 3.63) is 24.3 Å². The molecule has 1 aromatic heterocycles. The monoisotopic (exact) mass is 261 g/mol. The van der Waals surface area contributed by atoms with Crippen LogP contribution in [0.25, 0.3) is 10.9 Å². The number of rotatable bonds is 6. The Morgan fingerprint density at radius 1 is 1.32 bits per heavy atom. The summed E-state index contributed by atoms with van der Waals surface area (Å²) in [6.45, 7) is 2.61. The van der Waals surface area contributed by atoms with E-state index < -0.39 is 0 Å². The second-order valence-corrected chi connectivity index (χ2v) is 4.33. The molecule has 1 aromatic carbocycles. The Morgan fingerprint density at radius 3 is 2.84 bits per heavy atom. The fourth-order valence-electron chi connectivity index (χ4n) is 1.84. The molecule has 5 N–H and O–H groups in total. The van der Waals surface area contributed by atoms with Crippen LogP contribution in [0.5, 0.6) is 0 Å². The zero-order valence-corrected chi connectivity index (χ0v) is 10.9. The van der Waals surface area contributed by atoms with Gasteiger partial charge in [0.15, 0.2) is 0 Å². The molecular formula is C13H19N5O. The summed E-state index contributed by atoms with van der Waals surface area (Å²) in [6.07, 6.45) is 1.15. The first-order valence-electron chi connectivity index (χ1n) is 6.40. The minimum Gasteiger partial charge on any atom is -0.393 e. The first-order valence-corrected chi connectivity index (χ1v) is 6.40. The first kappa shape index (κ1) is 13.5. The summed E-state index contributed by atoms with van der Waals surface area (Å²) in [4.78, 5) is 8.58. The summed E-state index contributed by atoms with van der Waals surface area (Å²) in [5.41, 5.74) is 3.28. The highest BCUT2D eigenvalue weighted by Gasteiger charge is 2.07. The van der Waals surface area contributed by atoms with Crippen molar-refractivity contribution < 1.29 is 5.11 Å². The third-order valence-electron chi connectivity index (χ3n) is 2.97. The van der Waals surface area contributed by atoms with Crippen LogP contribution in [0.2, 0.25) is 0 Å². The van der Waals surface area contributed by atoms with Gasteiger partial charge in [-0.1, -0.05) is 19.1 Å². The van der Waals surface area contributed by atoms with Gasteiger partial charge in [0.05, 0.1) is 11.6 Å². The smallest absolute Gasteiger partial charge is 0.239 e. The molecule has 6 nitrogen and oxygen atoms in total. The van der Waals surface area contributed by atoms with E-state index in [9.17, 15) is 5.11 Å². The maximum absolute atomic E-state index is 9.54. The van der Waals surface area contributed by atoms with Crippen molar-refractivity contribution in [1.29, 1.82) is 0 Å². The molecular weight excluding hydrogens is 242 g/mol. The van der Waals surface area contributed by atoms with Crippen LogP contribution in [-0.4, -0.2) is 27.7 Å². The van der Waals surface area contributed by atoms with Crippen molar-refractivity contribution in [1.82, 2.24) is 9.97 Å². The molecule has 0 amide bonds. The van der Waals surface area contributed by atoms with Gasteiger partial charge in [0.1, 0.15) is 5.82 Å². The number of para-hydroxylation sites is 1. The minimum atomic E-state index is -0.285. The zero-order valence-electron chi connectivity index (χ0n) is 10.9. The predicted molar refractivity (Wildman–Crippen MR) is 76.8 cm³/mol. The van der Waals surface area contributed by atoms with Crippen LogP contribution in [0.15, 0.2) is 24.3 Å². The number of nitrogens with two attached hydrogens (primary N) is 1. The Hall–Kier alpha value is -1.92. The Bertz CT molecular complexity index is 546. The number of nitrogens with one attached hydrogen (secondary N) is 2. The maximum Gasteiger partial charge on any atom is 0.239 e. The van der Waals surface area contributed by atoms with Crippen LogP contribution >= 0.6 is 0 Å². The van der Waals surface area contributed by atoms with Crippen LogP contribution in [-0.2, 0) is 0 Å². The number of hydrogen-bond acceptors (Lipinski definition) is 6. The molecule has 1 heterocycles. The number of aliphatic hydroxyl groups is 1. The maximum atomic E-state index is 9.54.